The number of nitrogens with zero attached hydrogens (tertiary/aromatic N) is 2. The predicted molar refractivity (Wildman–Crippen MR) is 73.0 cm³/mol. The molecule has 0 bridgehead atoms. The van der Waals surface area contributed by atoms with Crippen LogP contribution in [0.25, 0.3) is 0 Å². The third-order valence-corrected chi connectivity index (χ3v) is 3.16. The molecule has 0 aliphatic rings. The van der Waals surface area contributed by atoms with Crippen LogP contribution in [-0.2, 0) is 6.54 Å². The zero-order valence-electron chi connectivity index (χ0n) is 9.73. The third kappa shape index (κ3) is 2.83. The Morgan fingerprint density at radius 1 is 1.42 bits per heavy atom. The van der Waals surface area contributed by atoms with Gasteiger partial charge in [0.1, 0.15) is 5.82 Å². The van der Waals surface area contributed by atoms with Gasteiger partial charge in [-0.15, -0.1) is 0 Å². The summed E-state index contributed by atoms with van der Waals surface area (Å²) in [7, 11) is 0. The van der Waals surface area contributed by atoms with E-state index < -0.39 is 5.82 Å². The molecule has 2 N–H and O–H groups in total. The Hall–Kier alpha value is -2.13. The lowest BCUT2D eigenvalue weighted by molar-refractivity contribution is 0.598. The fourth-order valence-electron chi connectivity index (χ4n) is 1.67. The lowest BCUT2D eigenvalue weighted by Gasteiger charge is -2.09. The van der Waals surface area contributed by atoms with Crippen molar-refractivity contribution in [2.24, 2.45) is 0 Å². The number of hydrogen-bond acceptors (Lipinski definition) is 3. The van der Waals surface area contributed by atoms with Crippen molar-refractivity contribution in [3.8, 4) is 6.07 Å². The second-order valence-electron chi connectivity index (χ2n) is 3.98. The summed E-state index contributed by atoms with van der Waals surface area (Å²) in [4.78, 5) is 11.4. The predicted octanol–water partition coefficient (Wildman–Crippen LogP) is 2.25. The zero-order chi connectivity index (χ0) is 14.0. The molecule has 1 heterocycles. The van der Waals surface area contributed by atoms with Gasteiger partial charge >= 0.3 is 0 Å². The van der Waals surface area contributed by atoms with Gasteiger partial charge in [-0.1, -0.05) is 0 Å². The molecule has 0 radical (unpaired) electrons. The van der Waals surface area contributed by atoms with Gasteiger partial charge < -0.3 is 10.3 Å². The first-order valence-corrected chi connectivity index (χ1v) is 6.14. The van der Waals surface area contributed by atoms with E-state index in [4.69, 9.17) is 11.0 Å². The normalized spacial score (nSPS) is 10.2. The van der Waals surface area contributed by atoms with Crippen molar-refractivity contribution in [3.63, 3.8) is 0 Å². The summed E-state index contributed by atoms with van der Waals surface area (Å²) in [6, 6.07) is 6.08. The standard InChI is InChI=1S/C13H9BrFN3O/c14-10-6-18(7-12(17)13(10)19)5-9-3-8(4-16)1-2-11(9)15/h1-3,6-7H,5,17H2. The summed E-state index contributed by atoms with van der Waals surface area (Å²) in [5.41, 5.74) is 6.07. The monoisotopic (exact) mass is 321 g/mol. The van der Waals surface area contributed by atoms with Crippen LogP contribution in [0.3, 0.4) is 0 Å². The molecule has 0 atom stereocenters. The topological polar surface area (TPSA) is 71.8 Å². The number of hydrogen-bond donors (Lipinski definition) is 1. The van der Waals surface area contributed by atoms with E-state index in [1.165, 1.54) is 30.6 Å². The molecule has 0 fully saturated rings. The molecule has 96 valence electrons. The molecule has 0 aliphatic carbocycles. The van der Waals surface area contributed by atoms with E-state index in [0.29, 0.717) is 15.6 Å². The van der Waals surface area contributed by atoms with Crippen LogP contribution in [0.2, 0.25) is 0 Å². The van der Waals surface area contributed by atoms with Crippen molar-refractivity contribution in [2.75, 3.05) is 5.73 Å². The van der Waals surface area contributed by atoms with Crippen LogP contribution in [0.15, 0.2) is 39.9 Å². The molecule has 4 nitrogen and oxygen atoms in total. The maximum absolute atomic E-state index is 13.6. The van der Waals surface area contributed by atoms with Gasteiger partial charge in [0.15, 0.2) is 0 Å². The van der Waals surface area contributed by atoms with Crippen LogP contribution < -0.4 is 11.2 Å². The second-order valence-corrected chi connectivity index (χ2v) is 4.84. The van der Waals surface area contributed by atoms with Gasteiger partial charge in [0.25, 0.3) is 0 Å². The van der Waals surface area contributed by atoms with Crippen LogP contribution in [0, 0.1) is 17.1 Å². The minimum atomic E-state index is -0.410. The highest BCUT2D eigenvalue weighted by atomic mass is 79.9. The number of aromatic nitrogens is 1. The third-order valence-electron chi connectivity index (χ3n) is 2.59. The number of anilines is 1. The summed E-state index contributed by atoms with van der Waals surface area (Å²) in [6.07, 6.45) is 2.96. The Kier molecular flexibility index (Phi) is 3.67. The summed E-state index contributed by atoms with van der Waals surface area (Å²) in [5.74, 6) is -0.410. The molecule has 19 heavy (non-hydrogen) atoms. The molecule has 0 spiro atoms. The molecule has 2 aromatic rings. The average Bonchev–Trinajstić information content (AvgIpc) is 2.38. The maximum atomic E-state index is 13.6. The fraction of sp³-hybridized carbons (Fsp3) is 0.0769. The minimum absolute atomic E-state index is 0.0752. The van der Waals surface area contributed by atoms with E-state index >= 15 is 0 Å². The molecular weight excluding hydrogens is 313 g/mol. The van der Waals surface area contributed by atoms with Gasteiger partial charge in [0.05, 0.1) is 28.3 Å². The van der Waals surface area contributed by atoms with Gasteiger partial charge in [-0.05, 0) is 34.1 Å². The number of benzene rings is 1. The number of pyridine rings is 1. The van der Waals surface area contributed by atoms with Crippen molar-refractivity contribution < 1.29 is 4.39 Å². The van der Waals surface area contributed by atoms with E-state index in [1.807, 2.05) is 6.07 Å². The van der Waals surface area contributed by atoms with Crippen molar-refractivity contribution in [1.82, 2.24) is 4.57 Å². The number of halogens is 2. The van der Waals surface area contributed by atoms with Crippen LogP contribution in [0.1, 0.15) is 11.1 Å². The first-order chi connectivity index (χ1) is 9.01. The molecule has 0 unspecified atom stereocenters. The van der Waals surface area contributed by atoms with E-state index in [2.05, 4.69) is 15.9 Å². The highest BCUT2D eigenvalue weighted by molar-refractivity contribution is 9.10. The molecule has 6 heteroatoms. The molecular formula is C13H9BrFN3O. The zero-order valence-corrected chi connectivity index (χ0v) is 11.3. The Bertz CT molecular complexity index is 707. The lowest BCUT2D eigenvalue weighted by atomic mass is 10.1. The van der Waals surface area contributed by atoms with Gasteiger partial charge in [-0.25, -0.2) is 4.39 Å². The summed E-state index contributed by atoms with van der Waals surface area (Å²) >= 11 is 3.10. The Balaban J connectivity index is 2.42. The second kappa shape index (κ2) is 5.24. The highest BCUT2D eigenvalue weighted by Gasteiger charge is 2.07. The first-order valence-electron chi connectivity index (χ1n) is 5.35. The van der Waals surface area contributed by atoms with Crippen molar-refractivity contribution in [2.45, 2.75) is 6.54 Å². The summed E-state index contributed by atoms with van der Waals surface area (Å²) < 4.78 is 15.5. The molecule has 0 amide bonds. The van der Waals surface area contributed by atoms with Crippen molar-refractivity contribution >= 4 is 21.6 Å². The molecule has 1 aromatic heterocycles. The molecule has 2 rings (SSSR count). The highest BCUT2D eigenvalue weighted by Crippen LogP contribution is 2.14. The Morgan fingerprint density at radius 3 is 2.79 bits per heavy atom. The molecule has 0 saturated heterocycles. The van der Waals surface area contributed by atoms with E-state index in [1.54, 1.807) is 4.57 Å². The van der Waals surface area contributed by atoms with Crippen LogP contribution in [-0.4, -0.2) is 4.57 Å². The first kappa shape index (κ1) is 13.3. The van der Waals surface area contributed by atoms with Gasteiger partial charge in [-0.2, -0.15) is 5.26 Å². The van der Waals surface area contributed by atoms with E-state index in [9.17, 15) is 9.18 Å². The number of nitriles is 1. The molecule has 0 aliphatic heterocycles. The van der Waals surface area contributed by atoms with Crippen LogP contribution in [0.5, 0.6) is 0 Å². The number of rotatable bonds is 2. The van der Waals surface area contributed by atoms with Gasteiger partial charge in [0, 0.05) is 18.0 Å². The Labute approximate surface area is 117 Å². The van der Waals surface area contributed by atoms with E-state index in [0.717, 1.165) is 0 Å². The van der Waals surface area contributed by atoms with Gasteiger partial charge in [-0.3, -0.25) is 4.79 Å². The van der Waals surface area contributed by atoms with Gasteiger partial charge in [0.2, 0.25) is 5.43 Å². The summed E-state index contributed by atoms with van der Waals surface area (Å²) in [5, 5.41) is 8.80. The number of nitrogens with two attached hydrogens (primary N) is 1. The fourth-order valence-corrected chi connectivity index (χ4v) is 2.16. The lowest BCUT2D eigenvalue weighted by Crippen LogP contribution is -2.14. The van der Waals surface area contributed by atoms with E-state index in [-0.39, 0.29) is 17.7 Å². The van der Waals surface area contributed by atoms with Crippen LogP contribution >= 0.6 is 15.9 Å². The quantitative estimate of drug-likeness (QED) is 0.922. The summed E-state index contributed by atoms with van der Waals surface area (Å²) in [6.45, 7) is 0.185. The van der Waals surface area contributed by atoms with Crippen LogP contribution in [0.4, 0.5) is 10.1 Å². The maximum Gasteiger partial charge on any atom is 0.218 e. The SMILES string of the molecule is N#Cc1ccc(F)c(Cn2cc(N)c(=O)c(Br)c2)c1. The number of nitrogen functional groups attached to an aromatic ring is 1. The largest absolute Gasteiger partial charge is 0.394 e. The smallest absolute Gasteiger partial charge is 0.218 e. The van der Waals surface area contributed by atoms with Crippen molar-refractivity contribution in [1.29, 1.82) is 5.26 Å². The Morgan fingerprint density at radius 2 is 2.16 bits per heavy atom. The van der Waals surface area contributed by atoms with Crippen molar-refractivity contribution in [3.05, 3.63) is 62.2 Å². The molecule has 0 saturated carbocycles. The minimum Gasteiger partial charge on any atom is -0.394 e. The average molecular weight is 322 g/mol. The molecule has 1 aromatic carbocycles.